The molecule has 0 atom stereocenters. The Hall–Kier alpha value is -2.50. The fourth-order valence-corrected chi connectivity index (χ4v) is 1.80. The van der Waals surface area contributed by atoms with Crippen LogP contribution in [0.3, 0.4) is 0 Å². The van der Waals surface area contributed by atoms with Gasteiger partial charge in [0.25, 0.3) is 0 Å². The average Bonchev–Trinajstić information content (AvgIpc) is 2.87. The molecule has 18 heavy (non-hydrogen) atoms. The molecular weight excluding hydrogens is 228 g/mol. The van der Waals surface area contributed by atoms with E-state index in [9.17, 15) is 0 Å². The molecule has 1 N–H and O–H groups in total. The highest BCUT2D eigenvalue weighted by Crippen LogP contribution is 2.19. The van der Waals surface area contributed by atoms with Crippen molar-refractivity contribution >= 4 is 0 Å². The lowest BCUT2D eigenvalue weighted by Crippen LogP contribution is -2.21. The van der Waals surface area contributed by atoms with Crippen LogP contribution in [-0.2, 0) is 0 Å². The van der Waals surface area contributed by atoms with Crippen molar-refractivity contribution in [2.75, 3.05) is 14.1 Å². The van der Waals surface area contributed by atoms with Gasteiger partial charge in [-0.2, -0.15) is 0 Å². The van der Waals surface area contributed by atoms with Gasteiger partial charge in [-0.3, -0.25) is 0 Å². The number of hydrogen-bond acceptors (Lipinski definition) is 3. The van der Waals surface area contributed by atoms with Crippen molar-refractivity contribution in [3.05, 3.63) is 42.5 Å². The van der Waals surface area contributed by atoms with Crippen LogP contribution in [0.15, 0.2) is 37.2 Å². The highest BCUT2D eigenvalue weighted by molar-refractivity contribution is 5.60. The number of aromatic amines is 1. The SMILES string of the molecule is C[N+](C)=c1ccn(-c2nc[nH]c3ncnc2-3)cc1. The minimum Gasteiger partial charge on any atom is -0.329 e. The second-order valence-corrected chi connectivity index (χ2v) is 4.16. The lowest BCUT2D eigenvalue weighted by Gasteiger charge is -2.07. The fourth-order valence-electron chi connectivity index (χ4n) is 1.80. The molecule has 3 heterocycles. The Bertz CT molecular complexity index is 699. The maximum atomic E-state index is 4.32. The molecule has 0 aromatic carbocycles. The smallest absolute Gasteiger partial charge is 0.202 e. The van der Waals surface area contributed by atoms with Crippen LogP contribution in [0.4, 0.5) is 0 Å². The number of hydrogen-bond donors (Lipinski definition) is 1. The lowest BCUT2D eigenvalue weighted by atomic mass is 10.3. The van der Waals surface area contributed by atoms with Crippen molar-refractivity contribution in [3.8, 4) is 17.3 Å². The lowest BCUT2D eigenvalue weighted by molar-refractivity contribution is 0.805. The first-order valence-electron chi connectivity index (χ1n) is 5.59. The van der Waals surface area contributed by atoms with E-state index in [1.165, 1.54) is 6.33 Å². The first-order chi connectivity index (χ1) is 8.75. The van der Waals surface area contributed by atoms with E-state index in [-0.39, 0.29) is 0 Å². The Morgan fingerprint density at radius 1 is 1.11 bits per heavy atom. The van der Waals surface area contributed by atoms with E-state index in [2.05, 4.69) is 24.5 Å². The van der Waals surface area contributed by atoms with Crippen molar-refractivity contribution in [2.45, 2.75) is 0 Å². The minimum absolute atomic E-state index is 0.740. The number of H-pyrrole nitrogens is 1. The molecule has 0 amide bonds. The molecule has 3 rings (SSSR count). The second kappa shape index (κ2) is 4.06. The van der Waals surface area contributed by atoms with Crippen molar-refractivity contribution in [1.82, 2.24) is 29.1 Å². The van der Waals surface area contributed by atoms with Gasteiger partial charge in [-0.05, 0) is 0 Å². The third kappa shape index (κ3) is 1.67. The third-order valence-electron chi connectivity index (χ3n) is 2.77. The summed E-state index contributed by atoms with van der Waals surface area (Å²) >= 11 is 0. The summed E-state index contributed by atoms with van der Waals surface area (Å²) in [4.78, 5) is 15.6. The van der Waals surface area contributed by atoms with Crippen LogP contribution in [0.2, 0.25) is 0 Å². The Morgan fingerprint density at radius 2 is 1.89 bits per heavy atom. The number of nitrogens with one attached hydrogen (secondary N) is 1. The number of pyridine rings is 1. The molecule has 90 valence electrons. The monoisotopic (exact) mass is 241 g/mol. The largest absolute Gasteiger partial charge is 0.329 e. The first-order valence-corrected chi connectivity index (χ1v) is 5.59. The van der Waals surface area contributed by atoms with Gasteiger partial charge in [-0.25, -0.2) is 19.5 Å². The van der Waals surface area contributed by atoms with Crippen LogP contribution in [0.1, 0.15) is 0 Å². The van der Waals surface area contributed by atoms with Gasteiger partial charge in [-0.15, -0.1) is 0 Å². The van der Waals surface area contributed by atoms with Crippen LogP contribution < -0.4 is 9.93 Å². The van der Waals surface area contributed by atoms with Gasteiger partial charge in [0.2, 0.25) is 5.36 Å². The molecule has 0 radical (unpaired) electrons. The van der Waals surface area contributed by atoms with E-state index in [0.29, 0.717) is 0 Å². The number of imidazole rings is 1. The van der Waals surface area contributed by atoms with E-state index >= 15 is 0 Å². The van der Waals surface area contributed by atoms with Gasteiger partial charge >= 0.3 is 0 Å². The van der Waals surface area contributed by atoms with Crippen molar-refractivity contribution in [2.24, 2.45) is 0 Å². The average molecular weight is 241 g/mol. The minimum atomic E-state index is 0.740. The van der Waals surface area contributed by atoms with E-state index in [1.54, 1.807) is 6.33 Å². The zero-order valence-electron chi connectivity index (χ0n) is 10.2. The van der Waals surface area contributed by atoms with Crippen molar-refractivity contribution in [1.29, 1.82) is 0 Å². The number of aromatic nitrogens is 5. The van der Waals surface area contributed by atoms with Crippen LogP contribution in [-0.4, -0.2) is 38.6 Å². The molecule has 0 fully saturated rings. The first kappa shape index (κ1) is 10.6. The normalized spacial score (nSPS) is 10.8. The third-order valence-corrected chi connectivity index (χ3v) is 2.77. The fraction of sp³-hybridized carbons (Fsp3) is 0.167. The zero-order chi connectivity index (χ0) is 12.5. The van der Waals surface area contributed by atoms with Crippen molar-refractivity contribution < 1.29 is 0 Å². The van der Waals surface area contributed by atoms with Crippen LogP contribution in [0.25, 0.3) is 17.3 Å². The van der Waals surface area contributed by atoms with Gasteiger partial charge in [0, 0.05) is 24.5 Å². The Balaban J connectivity index is 2.16. The summed E-state index contributed by atoms with van der Waals surface area (Å²) in [6.07, 6.45) is 7.08. The van der Waals surface area contributed by atoms with E-state index < -0.39 is 0 Å². The maximum Gasteiger partial charge on any atom is 0.202 e. The molecule has 6 nitrogen and oxygen atoms in total. The topological polar surface area (TPSA) is 62.4 Å². The maximum absolute atomic E-state index is 4.32. The second-order valence-electron chi connectivity index (χ2n) is 4.16. The van der Waals surface area contributed by atoms with Crippen LogP contribution in [0.5, 0.6) is 0 Å². The summed E-state index contributed by atoms with van der Waals surface area (Å²) in [6, 6.07) is 4.06. The van der Waals surface area contributed by atoms with Crippen molar-refractivity contribution in [3.63, 3.8) is 0 Å². The summed E-state index contributed by atoms with van der Waals surface area (Å²) in [5, 5.41) is 1.14. The van der Waals surface area contributed by atoms with Gasteiger partial charge in [0.15, 0.2) is 17.3 Å². The molecule has 0 bridgehead atoms. The molecule has 0 saturated heterocycles. The summed E-state index contributed by atoms with van der Waals surface area (Å²) in [7, 11) is 4.02. The summed E-state index contributed by atoms with van der Waals surface area (Å²) in [5.74, 6) is 1.51. The molecule has 1 aromatic rings. The van der Waals surface area contributed by atoms with Gasteiger partial charge < -0.3 is 9.55 Å². The van der Waals surface area contributed by atoms with Gasteiger partial charge in [-0.1, -0.05) is 0 Å². The Morgan fingerprint density at radius 3 is 2.61 bits per heavy atom. The predicted octanol–water partition coefficient (Wildman–Crippen LogP) is 0.127. The van der Waals surface area contributed by atoms with Crippen LogP contribution in [0, 0.1) is 0 Å². The molecule has 6 heteroatoms. The molecule has 2 aliphatic heterocycles. The number of fused-ring (bicyclic) bond motifs is 1. The highest BCUT2D eigenvalue weighted by Gasteiger charge is 2.13. The summed E-state index contributed by atoms with van der Waals surface area (Å²) < 4.78 is 3.98. The molecule has 0 spiro atoms. The van der Waals surface area contributed by atoms with E-state index in [0.717, 1.165) is 22.7 Å². The zero-order valence-corrected chi connectivity index (χ0v) is 10.2. The van der Waals surface area contributed by atoms with Crippen LogP contribution >= 0.6 is 0 Å². The molecule has 0 aliphatic carbocycles. The quantitative estimate of drug-likeness (QED) is 0.616. The Kier molecular flexibility index (Phi) is 2.40. The van der Waals surface area contributed by atoms with Gasteiger partial charge in [0.05, 0.1) is 6.33 Å². The Labute approximate surface area is 104 Å². The van der Waals surface area contributed by atoms with E-state index in [4.69, 9.17) is 0 Å². The summed E-state index contributed by atoms with van der Waals surface area (Å²) in [5.41, 5.74) is 0.764. The molecular formula is C12H13N6+. The predicted molar refractivity (Wildman–Crippen MR) is 67.2 cm³/mol. The molecule has 0 saturated carbocycles. The molecule has 0 unspecified atom stereocenters. The van der Waals surface area contributed by atoms with Gasteiger partial charge in [0.1, 0.15) is 20.4 Å². The molecule has 2 aliphatic rings. The standard InChI is InChI=1S/C12H13N6/c1-17(2)9-3-5-18(6-4-9)12-10-11(14-7-13-10)15-8-16-12/h3-8H,1-2H3,(H,13,14,15,16)/q+1. The highest BCUT2D eigenvalue weighted by atomic mass is 15.1. The molecule has 1 aromatic heterocycles. The summed E-state index contributed by atoms with van der Waals surface area (Å²) in [6.45, 7) is 0. The number of rotatable bonds is 1. The number of nitrogens with zero attached hydrogens (tertiary/aromatic N) is 5. The van der Waals surface area contributed by atoms with E-state index in [1.807, 2.05) is 43.2 Å².